The topological polar surface area (TPSA) is 101 Å². The fourth-order valence-corrected chi connectivity index (χ4v) is 6.97. The Morgan fingerprint density at radius 1 is 1.05 bits per heavy atom. The number of sulfone groups is 2. The molecule has 2 aromatic carbocycles. The molecule has 0 spiro atoms. The number of nitrogens with zero attached hydrogens (tertiary/aromatic N) is 1. The minimum atomic E-state index is -4.81. The molecule has 0 aromatic heterocycles. The van der Waals surface area contributed by atoms with Crippen molar-refractivity contribution in [2.45, 2.75) is 38.0 Å². The largest absolute Gasteiger partial charge is 0.416 e. The van der Waals surface area contributed by atoms with Gasteiger partial charge in [-0.25, -0.2) is 16.8 Å². The highest BCUT2D eigenvalue weighted by molar-refractivity contribution is 7.91. The van der Waals surface area contributed by atoms with Crippen LogP contribution < -0.4 is 5.32 Å². The highest BCUT2D eigenvalue weighted by Gasteiger charge is 2.38. The Balaban J connectivity index is 1.80. The molecule has 1 N–H and O–H groups in total. The number of halogens is 5. The molecule has 210 valence electrons. The zero-order chi connectivity index (χ0) is 28.5. The van der Waals surface area contributed by atoms with E-state index in [1.54, 1.807) is 11.8 Å². The average Bonchev–Trinajstić information content (AvgIpc) is 2.80. The summed E-state index contributed by atoms with van der Waals surface area (Å²) in [4.78, 5) is 14.4. The molecule has 1 heterocycles. The number of hydrogen-bond acceptors (Lipinski definition) is 6. The zero-order valence-electron chi connectivity index (χ0n) is 20.6. The van der Waals surface area contributed by atoms with Crippen molar-refractivity contribution in [3.05, 3.63) is 62.6 Å². The van der Waals surface area contributed by atoms with Gasteiger partial charge in [0, 0.05) is 47.5 Å². The van der Waals surface area contributed by atoms with Crippen LogP contribution in [0.4, 0.5) is 13.2 Å². The van der Waals surface area contributed by atoms with E-state index in [1.165, 1.54) is 25.1 Å². The highest BCUT2D eigenvalue weighted by Crippen LogP contribution is 2.38. The Morgan fingerprint density at radius 3 is 2.29 bits per heavy atom. The van der Waals surface area contributed by atoms with Gasteiger partial charge in [0.05, 0.1) is 22.0 Å². The van der Waals surface area contributed by atoms with Crippen molar-refractivity contribution >= 4 is 48.8 Å². The smallest absolute Gasteiger partial charge is 0.348 e. The van der Waals surface area contributed by atoms with E-state index in [0.29, 0.717) is 19.2 Å². The summed E-state index contributed by atoms with van der Waals surface area (Å²) >= 11 is 12.2. The lowest BCUT2D eigenvalue weighted by Crippen LogP contribution is -2.49. The molecule has 1 saturated heterocycles. The minimum absolute atomic E-state index is 0.00408. The number of hydrogen-bond donors (Lipinski definition) is 1. The Bertz CT molecular complexity index is 1430. The summed E-state index contributed by atoms with van der Waals surface area (Å²) in [7, 11) is -6.83. The van der Waals surface area contributed by atoms with E-state index in [1.807, 2.05) is 0 Å². The number of nitrogens with one attached hydrogen (secondary N) is 1. The third-order valence-electron chi connectivity index (χ3n) is 6.28. The Labute approximate surface area is 230 Å². The van der Waals surface area contributed by atoms with Gasteiger partial charge in [-0.3, -0.25) is 9.69 Å². The Kier molecular flexibility index (Phi) is 9.45. The van der Waals surface area contributed by atoms with Crippen molar-refractivity contribution in [3.63, 3.8) is 0 Å². The molecule has 0 saturated carbocycles. The molecule has 0 radical (unpaired) electrons. The molecule has 7 nitrogen and oxygen atoms in total. The molecule has 0 bridgehead atoms. The van der Waals surface area contributed by atoms with Gasteiger partial charge in [-0.15, -0.1) is 0 Å². The van der Waals surface area contributed by atoms with Crippen molar-refractivity contribution in [2.75, 3.05) is 30.3 Å². The second-order valence-corrected chi connectivity index (χ2v) is 14.6. The first kappa shape index (κ1) is 30.7. The van der Waals surface area contributed by atoms with Gasteiger partial charge in [0.1, 0.15) is 9.84 Å². The monoisotopic (exact) mass is 614 g/mol. The normalized spacial score (nSPS) is 15.3. The molecule has 1 aliphatic heterocycles. The van der Waals surface area contributed by atoms with Crippen LogP contribution >= 0.6 is 23.2 Å². The first-order chi connectivity index (χ1) is 17.6. The molecule has 1 amide bonds. The van der Waals surface area contributed by atoms with E-state index in [4.69, 9.17) is 23.2 Å². The van der Waals surface area contributed by atoms with Gasteiger partial charge in [0.25, 0.3) is 5.91 Å². The molecular formula is C24H27Cl2F3N2O5S2. The Hall–Kier alpha value is -1.86. The number of likely N-dealkylation sites (tertiary alicyclic amines) is 1. The van der Waals surface area contributed by atoms with Gasteiger partial charge in [-0.1, -0.05) is 37.0 Å². The lowest BCUT2D eigenvalue weighted by Gasteiger charge is -2.39. The van der Waals surface area contributed by atoms with Gasteiger partial charge in [-0.2, -0.15) is 13.2 Å². The summed E-state index contributed by atoms with van der Waals surface area (Å²) < 4.78 is 90.1. The SMILES string of the molecule is CCS(=O)(=O)CC1CN(Cc2c(Cl)cc(C(=O)NCc3cc(Cl)ccc3S(=O)(=O)CC)cc2C(F)(F)F)C1. The first-order valence-corrected chi connectivity index (χ1v) is 15.9. The van der Waals surface area contributed by atoms with Crippen molar-refractivity contribution in [2.24, 2.45) is 5.92 Å². The molecule has 1 fully saturated rings. The van der Waals surface area contributed by atoms with Crippen LogP contribution in [0, 0.1) is 5.92 Å². The van der Waals surface area contributed by atoms with Crippen LogP contribution in [-0.2, 0) is 38.9 Å². The number of benzene rings is 2. The molecule has 3 rings (SSSR count). The maximum Gasteiger partial charge on any atom is 0.416 e. The average molecular weight is 616 g/mol. The van der Waals surface area contributed by atoms with Crippen molar-refractivity contribution < 1.29 is 34.8 Å². The molecule has 2 aromatic rings. The molecule has 1 aliphatic rings. The lowest BCUT2D eigenvalue weighted by atomic mass is 9.98. The second kappa shape index (κ2) is 11.7. The van der Waals surface area contributed by atoms with Crippen LogP contribution in [0.25, 0.3) is 0 Å². The maximum atomic E-state index is 13.9. The molecule has 0 aliphatic carbocycles. The fourth-order valence-electron chi connectivity index (χ4n) is 4.22. The van der Waals surface area contributed by atoms with Crippen LogP contribution in [0.1, 0.15) is 40.9 Å². The van der Waals surface area contributed by atoms with E-state index < -0.39 is 37.3 Å². The van der Waals surface area contributed by atoms with E-state index in [0.717, 1.165) is 6.07 Å². The predicted octanol–water partition coefficient (Wildman–Crippen LogP) is 4.60. The molecule has 0 atom stereocenters. The number of rotatable bonds is 10. The predicted molar refractivity (Wildman–Crippen MR) is 140 cm³/mol. The van der Waals surface area contributed by atoms with E-state index in [2.05, 4.69) is 5.32 Å². The van der Waals surface area contributed by atoms with Crippen LogP contribution in [-0.4, -0.2) is 58.0 Å². The third-order valence-corrected chi connectivity index (χ3v) is 10.5. The number of carbonyl (C=O) groups excluding carboxylic acids is 1. The summed E-state index contributed by atoms with van der Waals surface area (Å²) in [6.45, 7) is 3.20. The van der Waals surface area contributed by atoms with Gasteiger partial charge in [-0.05, 0) is 47.4 Å². The summed E-state index contributed by atoms with van der Waals surface area (Å²) in [5.74, 6) is -1.24. The third kappa shape index (κ3) is 7.41. The molecular weight excluding hydrogens is 588 g/mol. The van der Waals surface area contributed by atoms with Gasteiger partial charge in [0.2, 0.25) is 0 Å². The first-order valence-electron chi connectivity index (χ1n) is 11.7. The van der Waals surface area contributed by atoms with E-state index >= 15 is 0 Å². The molecule has 14 heteroatoms. The van der Waals surface area contributed by atoms with Crippen molar-refractivity contribution in [3.8, 4) is 0 Å². The maximum absolute atomic E-state index is 13.9. The van der Waals surface area contributed by atoms with E-state index in [-0.39, 0.29) is 67.9 Å². The van der Waals surface area contributed by atoms with Gasteiger partial charge in [0.15, 0.2) is 9.84 Å². The minimum Gasteiger partial charge on any atom is -0.348 e. The van der Waals surface area contributed by atoms with Crippen LogP contribution in [0.15, 0.2) is 35.2 Å². The Morgan fingerprint density at radius 2 is 1.71 bits per heavy atom. The lowest BCUT2D eigenvalue weighted by molar-refractivity contribution is -0.138. The van der Waals surface area contributed by atoms with Gasteiger partial charge < -0.3 is 5.32 Å². The number of alkyl halides is 3. The zero-order valence-corrected chi connectivity index (χ0v) is 23.8. The summed E-state index contributed by atoms with van der Waals surface area (Å²) in [5.41, 5.74) is -1.43. The second-order valence-electron chi connectivity index (χ2n) is 9.08. The van der Waals surface area contributed by atoms with Crippen LogP contribution in [0.3, 0.4) is 0 Å². The standard InChI is InChI=1S/C24H27Cl2F3N2O5S2/c1-3-37(33,34)14-15-11-31(12-15)13-19-20(24(27,28)29)8-16(9-21(19)26)23(32)30-10-17-7-18(25)5-6-22(17)38(35,36)4-2/h5-9,15H,3-4,10-14H2,1-2H3,(H,30,32). The van der Waals surface area contributed by atoms with E-state index in [9.17, 15) is 34.8 Å². The number of amides is 1. The van der Waals surface area contributed by atoms with Crippen LogP contribution in [0.5, 0.6) is 0 Å². The summed E-state index contributed by atoms with van der Waals surface area (Å²) in [6, 6.07) is 5.91. The highest BCUT2D eigenvalue weighted by atomic mass is 35.5. The quantitative estimate of drug-likeness (QED) is 0.420. The van der Waals surface area contributed by atoms with Crippen LogP contribution in [0.2, 0.25) is 10.0 Å². The molecule has 38 heavy (non-hydrogen) atoms. The van der Waals surface area contributed by atoms with Crippen molar-refractivity contribution in [1.29, 1.82) is 0 Å². The van der Waals surface area contributed by atoms with Gasteiger partial charge >= 0.3 is 6.18 Å². The molecule has 0 unspecified atom stereocenters. The summed E-state index contributed by atoms with van der Waals surface area (Å²) in [5, 5.41) is 2.42. The number of carbonyl (C=O) groups is 1. The summed E-state index contributed by atoms with van der Waals surface area (Å²) in [6.07, 6.45) is -4.81. The fraction of sp³-hybridized carbons (Fsp3) is 0.458. The van der Waals surface area contributed by atoms with Crippen molar-refractivity contribution in [1.82, 2.24) is 10.2 Å².